The number of Topliss-reactive ketones (excluding diaryl/α,β-unsaturated/α-hetero) is 1. The van der Waals surface area contributed by atoms with Crippen molar-refractivity contribution in [3.05, 3.63) is 64.7 Å². The molecule has 0 aromatic heterocycles. The molecule has 0 saturated heterocycles. The van der Waals surface area contributed by atoms with E-state index in [9.17, 15) is 18.0 Å². The molecule has 0 aliphatic rings. The van der Waals surface area contributed by atoms with Crippen molar-refractivity contribution in [2.45, 2.75) is 18.4 Å². The molecule has 0 bridgehead atoms. The van der Waals surface area contributed by atoms with Crippen molar-refractivity contribution in [3.8, 4) is 0 Å². The van der Waals surface area contributed by atoms with Gasteiger partial charge >= 0.3 is 5.97 Å². The van der Waals surface area contributed by atoms with E-state index in [1.807, 2.05) is 0 Å². The summed E-state index contributed by atoms with van der Waals surface area (Å²) in [6.07, 6.45) is 0. The number of hydrogen-bond donors (Lipinski definition) is 0. The van der Waals surface area contributed by atoms with E-state index in [1.165, 1.54) is 38.2 Å². The van der Waals surface area contributed by atoms with Crippen molar-refractivity contribution >= 4 is 33.4 Å². The summed E-state index contributed by atoms with van der Waals surface area (Å²) in [6.45, 7) is 0.994. The van der Waals surface area contributed by atoms with Gasteiger partial charge in [0.2, 0.25) is 10.0 Å². The first-order chi connectivity index (χ1) is 12.2. The van der Waals surface area contributed by atoms with Crippen molar-refractivity contribution in [2.75, 3.05) is 13.6 Å². The number of carbonyl (C=O) groups is 2. The van der Waals surface area contributed by atoms with Gasteiger partial charge in [0.1, 0.15) is 13.2 Å². The second-order valence-electron chi connectivity index (χ2n) is 5.63. The Hall–Kier alpha value is -2.22. The number of rotatable bonds is 7. The summed E-state index contributed by atoms with van der Waals surface area (Å²) in [6, 6.07) is 12.3. The molecule has 0 atom stereocenters. The molecule has 0 aliphatic carbocycles. The SMILES string of the molecule is CC(=O)c1ccc(S(=O)(=O)N(C)CC(=O)OCc2ccc(Cl)cc2)cc1. The standard InChI is InChI=1S/C18H18ClNO5S/c1-13(21)15-5-9-17(10-6-15)26(23,24)20(2)11-18(22)25-12-14-3-7-16(19)8-4-14/h3-10H,11-12H2,1-2H3. The first-order valence-electron chi connectivity index (χ1n) is 7.67. The summed E-state index contributed by atoms with van der Waals surface area (Å²) in [7, 11) is -2.57. The summed E-state index contributed by atoms with van der Waals surface area (Å²) >= 11 is 5.78. The van der Waals surface area contributed by atoms with E-state index in [4.69, 9.17) is 16.3 Å². The van der Waals surface area contributed by atoms with Gasteiger partial charge in [0.25, 0.3) is 0 Å². The Morgan fingerprint density at radius 3 is 2.15 bits per heavy atom. The lowest BCUT2D eigenvalue weighted by Gasteiger charge is -2.16. The third-order valence-electron chi connectivity index (χ3n) is 3.63. The van der Waals surface area contributed by atoms with Gasteiger partial charge in [0, 0.05) is 17.6 Å². The predicted molar refractivity (Wildman–Crippen MR) is 97.5 cm³/mol. The number of ether oxygens (including phenoxy) is 1. The maximum absolute atomic E-state index is 12.5. The second kappa shape index (κ2) is 8.44. The van der Waals surface area contributed by atoms with Crippen LogP contribution in [-0.4, -0.2) is 38.1 Å². The van der Waals surface area contributed by atoms with Crippen molar-refractivity contribution in [1.82, 2.24) is 4.31 Å². The van der Waals surface area contributed by atoms with Gasteiger partial charge < -0.3 is 4.74 Å². The number of carbonyl (C=O) groups excluding carboxylic acids is 2. The predicted octanol–water partition coefficient (Wildman–Crippen LogP) is 2.91. The molecule has 138 valence electrons. The van der Waals surface area contributed by atoms with E-state index in [0.29, 0.717) is 10.6 Å². The maximum Gasteiger partial charge on any atom is 0.321 e. The molecular weight excluding hydrogens is 378 g/mol. The number of halogens is 1. The molecule has 8 heteroatoms. The van der Waals surface area contributed by atoms with Crippen LogP contribution in [0.2, 0.25) is 5.02 Å². The van der Waals surface area contributed by atoms with Gasteiger partial charge in [-0.05, 0) is 36.8 Å². The van der Waals surface area contributed by atoms with E-state index in [2.05, 4.69) is 0 Å². The van der Waals surface area contributed by atoms with Gasteiger partial charge in [0.15, 0.2) is 5.78 Å². The van der Waals surface area contributed by atoms with Gasteiger partial charge in [0.05, 0.1) is 4.90 Å². The van der Waals surface area contributed by atoms with Crippen LogP contribution < -0.4 is 0 Å². The van der Waals surface area contributed by atoms with E-state index in [1.54, 1.807) is 24.3 Å². The zero-order valence-corrected chi connectivity index (χ0v) is 15.9. The van der Waals surface area contributed by atoms with Crippen LogP contribution >= 0.6 is 11.6 Å². The molecule has 0 aliphatic heterocycles. The molecule has 26 heavy (non-hydrogen) atoms. The number of nitrogens with zero attached hydrogens (tertiary/aromatic N) is 1. The quantitative estimate of drug-likeness (QED) is 0.532. The lowest BCUT2D eigenvalue weighted by Crippen LogP contribution is -2.33. The zero-order chi connectivity index (χ0) is 19.3. The van der Waals surface area contributed by atoms with Crippen molar-refractivity contribution in [2.24, 2.45) is 0 Å². The normalized spacial score (nSPS) is 11.4. The second-order valence-corrected chi connectivity index (χ2v) is 8.11. The lowest BCUT2D eigenvalue weighted by atomic mass is 10.2. The van der Waals surface area contributed by atoms with E-state index >= 15 is 0 Å². The Morgan fingerprint density at radius 1 is 1.04 bits per heavy atom. The first kappa shape index (κ1) is 20.1. The number of sulfonamides is 1. The minimum absolute atomic E-state index is 0.00417. The average molecular weight is 396 g/mol. The molecule has 0 saturated carbocycles. The lowest BCUT2D eigenvalue weighted by molar-refractivity contribution is -0.144. The fraction of sp³-hybridized carbons (Fsp3) is 0.222. The zero-order valence-electron chi connectivity index (χ0n) is 14.3. The minimum Gasteiger partial charge on any atom is -0.460 e. The molecule has 0 spiro atoms. The highest BCUT2D eigenvalue weighted by Crippen LogP contribution is 2.16. The van der Waals surface area contributed by atoms with Crippen molar-refractivity contribution in [3.63, 3.8) is 0 Å². The smallest absolute Gasteiger partial charge is 0.321 e. The molecule has 2 aromatic carbocycles. The van der Waals surface area contributed by atoms with E-state index < -0.39 is 22.5 Å². The Bertz CT molecular complexity index is 892. The van der Waals surface area contributed by atoms with Crippen molar-refractivity contribution < 1.29 is 22.7 Å². The Kier molecular flexibility index (Phi) is 6.52. The topological polar surface area (TPSA) is 80.8 Å². The molecule has 0 N–H and O–H groups in total. The summed E-state index contributed by atoms with van der Waals surface area (Å²) in [5.41, 5.74) is 1.15. The number of benzene rings is 2. The summed E-state index contributed by atoms with van der Waals surface area (Å²) < 4.78 is 30.9. The van der Waals surface area contributed by atoms with Crippen LogP contribution in [0.5, 0.6) is 0 Å². The van der Waals surface area contributed by atoms with Crippen molar-refractivity contribution in [1.29, 1.82) is 0 Å². The average Bonchev–Trinajstić information content (AvgIpc) is 2.61. The molecule has 0 heterocycles. The van der Waals surface area contributed by atoms with E-state index in [-0.39, 0.29) is 17.3 Å². The van der Waals surface area contributed by atoms with Crippen LogP contribution in [0.3, 0.4) is 0 Å². The number of ketones is 1. The molecule has 0 radical (unpaired) electrons. The molecular formula is C18H18ClNO5S. The van der Waals surface area contributed by atoms with Gasteiger partial charge in [-0.2, -0.15) is 4.31 Å². The Labute approximate surface area is 157 Å². The van der Waals surface area contributed by atoms with Gasteiger partial charge in [-0.3, -0.25) is 9.59 Å². The van der Waals surface area contributed by atoms with Crippen LogP contribution in [0, 0.1) is 0 Å². The summed E-state index contributed by atoms with van der Waals surface area (Å²) in [4.78, 5) is 23.2. The maximum atomic E-state index is 12.5. The highest BCUT2D eigenvalue weighted by molar-refractivity contribution is 7.89. The first-order valence-corrected chi connectivity index (χ1v) is 9.49. The number of esters is 1. The van der Waals surface area contributed by atoms with Crippen LogP contribution in [0.1, 0.15) is 22.8 Å². The monoisotopic (exact) mass is 395 g/mol. The largest absolute Gasteiger partial charge is 0.460 e. The van der Waals surface area contributed by atoms with Gasteiger partial charge in [-0.25, -0.2) is 8.42 Å². The van der Waals surface area contributed by atoms with Crippen LogP contribution in [0.15, 0.2) is 53.4 Å². The van der Waals surface area contributed by atoms with Gasteiger partial charge in [-0.1, -0.05) is 35.9 Å². The van der Waals surface area contributed by atoms with Crippen LogP contribution in [0.25, 0.3) is 0 Å². The Balaban J connectivity index is 1.98. The molecule has 0 unspecified atom stereocenters. The molecule has 2 rings (SSSR count). The molecule has 6 nitrogen and oxygen atoms in total. The highest BCUT2D eigenvalue weighted by atomic mass is 35.5. The fourth-order valence-corrected chi connectivity index (χ4v) is 3.34. The van der Waals surface area contributed by atoms with Crippen LogP contribution in [-0.2, 0) is 26.2 Å². The number of hydrogen-bond acceptors (Lipinski definition) is 5. The number of likely N-dealkylation sites (N-methyl/N-ethyl adjacent to an activating group) is 1. The van der Waals surface area contributed by atoms with Gasteiger partial charge in [-0.15, -0.1) is 0 Å². The molecule has 0 fully saturated rings. The molecule has 2 aromatic rings. The Morgan fingerprint density at radius 2 is 1.62 bits per heavy atom. The summed E-state index contributed by atoms with van der Waals surface area (Å²) in [5, 5.41) is 0.571. The summed E-state index contributed by atoms with van der Waals surface area (Å²) in [5.74, 6) is -0.834. The molecule has 0 amide bonds. The highest BCUT2D eigenvalue weighted by Gasteiger charge is 2.23. The third kappa shape index (κ3) is 5.14. The van der Waals surface area contributed by atoms with E-state index in [0.717, 1.165) is 9.87 Å². The minimum atomic E-state index is -3.86. The fourth-order valence-electron chi connectivity index (χ4n) is 2.10. The van der Waals surface area contributed by atoms with Crippen LogP contribution in [0.4, 0.5) is 0 Å². The third-order valence-corrected chi connectivity index (χ3v) is 5.70.